The van der Waals surface area contributed by atoms with E-state index in [9.17, 15) is 13.2 Å². The third-order valence-electron chi connectivity index (χ3n) is 3.12. The molecule has 0 bridgehead atoms. The van der Waals surface area contributed by atoms with Gasteiger partial charge in [0, 0.05) is 13.0 Å². The van der Waals surface area contributed by atoms with Crippen LogP contribution in [-0.2, 0) is 19.1 Å². The Hall–Kier alpha value is -0.660. The van der Waals surface area contributed by atoms with Crippen molar-refractivity contribution in [2.24, 2.45) is 5.73 Å². The van der Waals surface area contributed by atoms with Gasteiger partial charge in [0.1, 0.15) is 0 Å². The summed E-state index contributed by atoms with van der Waals surface area (Å²) in [6, 6.07) is 0. The van der Waals surface area contributed by atoms with E-state index in [2.05, 4.69) is 11.1 Å². The van der Waals surface area contributed by atoms with Gasteiger partial charge in [-0.2, -0.15) is 8.42 Å². The van der Waals surface area contributed by atoms with Gasteiger partial charge in [0.05, 0.1) is 12.9 Å². The van der Waals surface area contributed by atoms with Crippen LogP contribution in [-0.4, -0.2) is 38.9 Å². The van der Waals surface area contributed by atoms with Crippen LogP contribution in [0.1, 0.15) is 71.1 Å². The molecule has 0 spiro atoms. The molecule has 134 valence electrons. The van der Waals surface area contributed by atoms with Gasteiger partial charge in [-0.15, -0.1) is 0 Å². The maximum absolute atomic E-state index is 10.3. The van der Waals surface area contributed by atoms with E-state index in [1.54, 1.807) is 0 Å². The fraction of sp³-hybridized carbons (Fsp3) is 0.933. The third-order valence-corrected chi connectivity index (χ3v) is 4.36. The quantitative estimate of drug-likeness (QED) is 0.395. The summed E-state index contributed by atoms with van der Waals surface area (Å²) in [5.41, 5.74) is 4.93. The number of aliphatic carboxylic acids is 1. The van der Waals surface area contributed by atoms with Crippen molar-refractivity contribution in [2.75, 3.05) is 19.4 Å². The first-order valence-electron chi connectivity index (χ1n) is 8.09. The van der Waals surface area contributed by atoms with Crippen LogP contribution in [0.2, 0.25) is 0 Å². The molecule has 0 saturated heterocycles. The van der Waals surface area contributed by atoms with Crippen LogP contribution < -0.4 is 5.73 Å². The minimum absolute atomic E-state index is 0.107. The number of rotatable bonds is 13. The molecule has 6 nitrogen and oxygen atoms in total. The molecule has 0 heterocycles. The lowest BCUT2D eigenvalue weighted by Crippen LogP contribution is -2.16. The van der Waals surface area contributed by atoms with E-state index in [0.717, 1.165) is 20.0 Å². The fourth-order valence-corrected chi connectivity index (χ4v) is 2.27. The highest BCUT2D eigenvalue weighted by Gasteiger charge is 2.04. The van der Waals surface area contributed by atoms with E-state index in [1.807, 2.05) is 0 Å². The van der Waals surface area contributed by atoms with Crippen LogP contribution in [0.4, 0.5) is 0 Å². The smallest absolute Gasteiger partial charge is 0.303 e. The van der Waals surface area contributed by atoms with Gasteiger partial charge in [0.25, 0.3) is 10.1 Å². The molecule has 3 N–H and O–H groups in total. The molecule has 0 rings (SSSR count). The number of hydrogen-bond acceptors (Lipinski definition) is 5. The Bertz CT molecular complexity index is 344. The summed E-state index contributed by atoms with van der Waals surface area (Å²) >= 11 is 0. The van der Waals surface area contributed by atoms with Crippen LogP contribution >= 0.6 is 0 Å². The molecule has 0 radical (unpaired) electrons. The maximum Gasteiger partial charge on any atom is 0.303 e. The van der Waals surface area contributed by atoms with Gasteiger partial charge < -0.3 is 10.8 Å². The van der Waals surface area contributed by atoms with E-state index >= 15 is 0 Å². The second-order valence-electron chi connectivity index (χ2n) is 5.19. The summed E-state index contributed by atoms with van der Waals surface area (Å²) in [6.45, 7) is 2.34. The number of carboxylic acid groups (broad SMARTS) is 1. The molecule has 0 aliphatic heterocycles. The highest BCUT2D eigenvalue weighted by molar-refractivity contribution is 7.86. The van der Waals surface area contributed by atoms with Gasteiger partial charge in [-0.1, -0.05) is 58.3 Å². The van der Waals surface area contributed by atoms with Crippen molar-refractivity contribution >= 4 is 16.1 Å². The van der Waals surface area contributed by atoms with Crippen molar-refractivity contribution in [1.82, 2.24) is 0 Å². The summed E-state index contributed by atoms with van der Waals surface area (Å²) in [7, 11) is -2.18. The molecule has 22 heavy (non-hydrogen) atoms. The lowest BCUT2D eigenvalue weighted by molar-refractivity contribution is -0.137. The number of unbranched alkanes of at least 4 members (excludes halogenated alkanes) is 8. The van der Waals surface area contributed by atoms with Gasteiger partial charge in [-0.3, -0.25) is 8.98 Å². The van der Waals surface area contributed by atoms with Gasteiger partial charge in [-0.05, 0) is 6.42 Å². The standard InChI is InChI=1S/C12H24O2.C3H9NO3S/c1-2-3-4-5-6-7-8-9-10-11-12(13)14;1-7-8(5,6)3-2-4/h2-11H2,1H3,(H,13,14);2-4H2,1H3. The molecule has 0 atom stereocenters. The molecule has 0 aromatic carbocycles. The third kappa shape index (κ3) is 21.6. The molecule has 0 amide bonds. The van der Waals surface area contributed by atoms with Gasteiger partial charge in [0.15, 0.2) is 0 Å². The predicted octanol–water partition coefficient (Wildman–Crippen LogP) is 2.91. The first kappa shape index (κ1) is 23.6. The molecule has 0 saturated carbocycles. The molecular weight excluding hydrogens is 306 g/mol. The van der Waals surface area contributed by atoms with E-state index < -0.39 is 16.1 Å². The highest BCUT2D eigenvalue weighted by Crippen LogP contribution is 2.10. The average Bonchev–Trinajstić information content (AvgIpc) is 2.46. The zero-order chi connectivity index (χ0) is 17.3. The summed E-state index contributed by atoms with van der Waals surface area (Å²) in [5.74, 6) is -0.767. The monoisotopic (exact) mass is 339 g/mol. The molecule has 0 aliphatic carbocycles. The first-order valence-corrected chi connectivity index (χ1v) is 9.67. The average molecular weight is 339 g/mol. The summed E-state index contributed by atoms with van der Waals surface area (Å²) in [4.78, 5) is 10.2. The van der Waals surface area contributed by atoms with Gasteiger partial charge in [-0.25, -0.2) is 0 Å². The minimum Gasteiger partial charge on any atom is -0.481 e. The van der Waals surface area contributed by atoms with E-state index in [1.165, 1.54) is 44.9 Å². The summed E-state index contributed by atoms with van der Waals surface area (Å²) in [5, 5.41) is 8.41. The molecule has 0 aliphatic rings. The van der Waals surface area contributed by atoms with Crippen LogP contribution in [0, 0.1) is 0 Å². The Morgan fingerprint density at radius 1 is 1.00 bits per heavy atom. The molecule has 0 aromatic rings. The lowest BCUT2D eigenvalue weighted by Gasteiger charge is -2.00. The molecule has 7 heteroatoms. The van der Waals surface area contributed by atoms with Crippen LogP contribution in [0.5, 0.6) is 0 Å². The van der Waals surface area contributed by atoms with Crippen molar-refractivity contribution in [3.05, 3.63) is 0 Å². The normalized spacial score (nSPS) is 10.9. The Kier molecular flexibility index (Phi) is 17.9. The fourth-order valence-electron chi connectivity index (χ4n) is 1.81. The largest absolute Gasteiger partial charge is 0.481 e. The Morgan fingerprint density at radius 2 is 1.45 bits per heavy atom. The van der Waals surface area contributed by atoms with Crippen molar-refractivity contribution in [3.63, 3.8) is 0 Å². The Balaban J connectivity index is 0. The molecular formula is C15H33NO5S. The van der Waals surface area contributed by atoms with Crippen LogP contribution in [0.3, 0.4) is 0 Å². The van der Waals surface area contributed by atoms with Crippen LogP contribution in [0.25, 0.3) is 0 Å². The van der Waals surface area contributed by atoms with Gasteiger partial charge in [0.2, 0.25) is 0 Å². The Labute approximate surface area is 135 Å². The number of carboxylic acids is 1. The Morgan fingerprint density at radius 3 is 1.77 bits per heavy atom. The zero-order valence-electron chi connectivity index (χ0n) is 14.1. The number of carbonyl (C=O) groups is 1. The van der Waals surface area contributed by atoms with Crippen molar-refractivity contribution in [3.8, 4) is 0 Å². The van der Waals surface area contributed by atoms with E-state index in [4.69, 9.17) is 10.8 Å². The second kappa shape index (κ2) is 16.7. The SMILES string of the molecule is CCCCCCCCCCCC(=O)O.COS(=O)(=O)CCN. The van der Waals surface area contributed by atoms with Crippen LogP contribution in [0.15, 0.2) is 0 Å². The summed E-state index contributed by atoms with van der Waals surface area (Å²) < 4.78 is 24.7. The minimum atomic E-state index is -3.29. The second-order valence-corrected chi connectivity index (χ2v) is 7.05. The molecule has 0 fully saturated rings. The topological polar surface area (TPSA) is 107 Å². The zero-order valence-corrected chi connectivity index (χ0v) is 14.9. The molecule has 0 unspecified atom stereocenters. The maximum atomic E-state index is 10.3. The first-order chi connectivity index (χ1) is 10.4. The van der Waals surface area contributed by atoms with Crippen molar-refractivity contribution in [2.45, 2.75) is 71.1 Å². The van der Waals surface area contributed by atoms with E-state index in [-0.39, 0.29) is 12.3 Å². The lowest BCUT2D eigenvalue weighted by atomic mass is 10.1. The van der Waals surface area contributed by atoms with Gasteiger partial charge >= 0.3 is 5.97 Å². The van der Waals surface area contributed by atoms with Crippen molar-refractivity contribution in [1.29, 1.82) is 0 Å². The number of hydrogen-bond donors (Lipinski definition) is 2. The summed E-state index contributed by atoms with van der Waals surface area (Å²) in [6.07, 6.45) is 11.5. The van der Waals surface area contributed by atoms with Crippen molar-refractivity contribution < 1.29 is 22.5 Å². The predicted molar refractivity (Wildman–Crippen MR) is 89.3 cm³/mol. The molecule has 0 aromatic heterocycles. The van der Waals surface area contributed by atoms with E-state index in [0.29, 0.717) is 6.42 Å². The number of nitrogens with two attached hydrogens (primary N) is 1. The highest BCUT2D eigenvalue weighted by atomic mass is 32.2.